The number of amides is 1. The Balaban J connectivity index is 1.62. The van der Waals surface area contributed by atoms with E-state index in [9.17, 15) is 4.79 Å². The molecule has 1 fully saturated rings. The zero-order valence-electron chi connectivity index (χ0n) is 12.2. The number of hydrogen-bond donors (Lipinski definition) is 0. The highest BCUT2D eigenvalue weighted by molar-refractivity contribution is 9.10. The minimum absolute atomic E-state index is 0.163. The molecule has 3 rings (SSSR count). The topological polar surface area (TPSA) is 20.3 Å². The van der Waals surface area contributed by atoms with Crippen molar-refractivity contribution in [2.24, 2.45) is 5.92 Å². The second-order valence-corrected chi connectivity index (χ2v) is 7.64. The molecule has 0 spiro atoms. The monoisotopic (exact) mass is 363 g/mol. The summed E-state index contributed by atoms with van der Waals surface area (Å²) in [6, 6.07) is 10.4. The van der Waals surface area contributed by atoms with Crippen molar-refractivity contribution in [2.75, 3.05) is 7.05 Å². The van der Waals surface area contributed by atoms with Gasteiger partial charge in [0.15, 0.2) is 0 Å². The first-order valence-corrected chi connectivity index (χ1v) is 8.77. The van der Waals surface area contributed by atoms with Crippen LogP contribution in [0.3, 0.4) is 0 Å². The molecule has 0 saturated heterocycles. The van der Waals surface area contributed by atoms with Crippen LogP contribution >= 0.6 is 27.3 Å². The molecule has 1 aliphatic rings. The summed E-state index contributed by atoms with van der Waals surface area (Å²) in [4.78, 5) is 15.7. The highest BCUT2D eigenvalue weighted by Gasteiger charge is 2.45. The van der Waals surface area contributed by atoms with Crippen LogP contribution in [0.4, 0.5) is 0 Å². The van der Waals surface area contributed by atoms with Crippen LogP contribution in [0.25, 0.3) is 0 Å². The number of halogens is 1. The fraction of sp³-hybridized carbons (Fsp3) is 0.353. The highest BCUT2D eigenvalue weighted by atomic mass is 79.9. The fourth-order valence-electron chi connectivity index (χ4n) is 2.69. The van der Waals surface area contributed by atoms with E-state index in [1.165, 1.54) is 16.0 Å². The molecule has 2 nitrogen and oxygen atoms in total. The molecule has 0 radical (unpaired) electrons. The van der Waals surface area contributed by atoms with Crippen LogP contribution in [0.2, 0.25) is 0 Å². The van der Waals surface area contributed by atoms with Gasteiger partial charge in [0.1, 0.15) is 0 Å². The molecule has 1 aromatic heterocycles. The maximum atomic E-state index is 12.5. The molecule has 0 bridgehead atoms. The third-order valence-electron chi connectivity index (χ3n) is 4.13. The van der Waals surface area contributed by atoms with E-state index in [0.717, 1.165) is 17.4 Å². The van der Waals surface area contributed by atoms with Crippen molar-refractivity contribution in [1.82, 2.24) is 4.90 Å². The fourth-order valence-corrected chi connectivity index (χ4v) is 3.91. The maximum absolute atomic E-state index is 12.5. The number of rotatable bonds is 4. The molecule has 21 heavy (non-hydrogen) atoms. The van der Waals surface area contributed by atoms with Crippen LogP contribution in [-0.2, 0) is 11.3 Å². The van der Waals surface area contributed by atoms with Crippen molar-refractivity contribution in [2.45, 2.75) is 25.8 Å². The van der Waals surface area contributed by atoms with Crippen molar-refractivity contribution < 1.29 is 4.79 Å². The normalized spacial score (nSPS) is 20.3. The summed E-state index contributed by atoms with van der Waals surface area (Å²) in [6.07, 6.45) is 0.980. The van der Waals surface area contributed by atoms with Crippen molar-refractivity contribution >= 4 is 33.2 Å². The Kier molecular flexibility index (Phi) is 4.18. The van der Waals surface area contributed by atoms with E-state index < -0.39 is 0 Å². The lowest BCUT2D eigenvalue weighted by atomic mass is 10.1. The number of hydrogen-bond acceptors (Lipinski definition) is 2. The van der Waals surface area contributed by atoms with Gasteiger partial charge in [-0.25, -0.2) is 0 Å². The molecular formula is C17H18BrNOS. The Bertz CT molecular complexity index is 649. The largest absolute Gasteiger partial charge is 0.340 e. The van der Waals surface area contributed by atoms with Crippen LogP contribution in [0.1, 0.15) is 28.3 Å². The number of carbonyl (C=O) groups excluding carboxylic acids is 1. The molecule has 1 heterocycles. The zero-order valence-corrected chi connectivity index (χ0v) is 14.6. The second kappa shape index (κ2) is 5.93. The average molecular weight is 364 g/mol. The Morgan fingerprint density at radius 2 is 2.05 bits per heavy atom. The molecule has 110 valence electrons. The molecule has 2 aromatic rings. The quantitative estimate of drug-likeness (QED) is 0.778. The van der Waals surface area contributed by atoms with Gasteiger partial charge < -0.3 is 4.90 Å². The molecule has 0 N–H and O–H groups in total. The van der Waals surface area contributed by atoms with Gasteiger partial charge in [0.2, 0.25) is 5.91 Å². The predicted octanol–water partition coefficient (Wildman–Crippen LogP) is 4.58. The Morgan fingerprint density at radius 3 is 2.67 bits per heavy atom. The first kappa shape index (κ1) is 14.8. The van der Waals surface area contributed by atoms with E-state index in [-0.39, 0.29) is 11.8 Å². The predicted molar refractivity (Wildman–Crippen MR) is 90.5 cm³/mol. The van der Waals surface area contributed by atoms with Crippen molar-refractivity contribution in [1.29, 1.82) is 0 Å². The molecule has 2 atom stereocenters. The van der Waals surface area contributed by atoms with Gasteiger partial charge in [0.25, 0.3) is 0 Å². The van der Waals surface area contributed by atoms with Crippen LogP contribution < -0.4 is 0 Å². The number of carbonyl (C=O) groups is 1. The van der Waals surface area contributed by atoms with E-state index in [2.05, 4.69) is 46.4 Å². The van der Waals surface area contributed by atoms with E-state index in [1.54, 1.807) is 11.3 Å². The van der Waals surface area contributed by atoms with Crippen LogP contribution in [0.5, 0.6) is 0 Å². The summed E-state index contributed by atoms with van der Waals surface area (Å²) >= 11 is 5.18. The lowest BCUT2D eigenvalue weighted by molar-refractivity contribution is -0.131. The van der Waals surface area contributed by atoms with Crippen molar-refractivity contribution in [3.8, 4) is 0 Å². The van der Waals surface area contributed by atoms with Gasteiger partial charge in [0.05, 0.1) is 6.54 Å². The Labute approximate surface area is 137 Å². The van der Waals surface area contributed by atoms with Gasteiger partial charge in [-0.3, -0.25) is 4.79 Å². The van der Waals surface area contributed by atoms with E-state index in [0.29, 0.717) is 5.92 Å². The minimum Gasteiger partial charge on any atom is -0.340 e. The van der Waals surface area contributed by atoms with Crippen LogP contribution in [0.15, 0.2) is 40.2 Å². The number of benzene rings is 1. The second-order valence-electron chi connectivity index (χ2n) is 5.72. The van der Waals surface area contributed by atoms with Crippen LogP contribution in [0, 0.1) is 12.8 Å². The van der Waals surface area contributed by atoms with Crippen molar-refractivity contribution in [3.05, 3.63) is 56.2 Å². The minimum atomic E-state index is 0.163. The average Bonchev–Trinajstić information content (AvgIpc) is 3.17. The van der Waals surface area contributed by atoms with E-state index in [1.807, 2.05) is 24.1 Å². The third-order valence-corrected chi connectivity index (χ3v) is 5.67. The summed E-state index contributed by atoms with van der Waals surface area (Å²) in [7, 11) is 1.92. The molecule has 1 aromatic carbocycles. The summed E-state index contributed by atoms with van der Waals surface area (Å²) in [6.45, 7) is 2.83. The maximum Gasteiger partial charge on any atom is 0.226 e. The zero-order chi connectivity index (χ0) is 15.0. The standard InChI is InChI=1S/C17H18BrNOS/c1-11-7-8-21-16(11)10-19(2)17(20)15-9-14(15)12-3-5-13(18)6-4-12/h3-8,14-15H,9-10H2,1-2H3. The van der Waals surface area contributed by atoms with Gasteiger partial charge >= 0.3 is 0 Å². The number of nitrogens with zero attached hydrogens (tertiary/aromatic N) is 1. The smallest absolute Gasteiger partial charge is 0.226 e. The van der Waals surface area contributed by atoms with E-state index in [4.69, 9.17) is 0 Å². The van der Waals surface area contributed by atoms with Gasteiger partial charge in [-0.05, 0) is 54.0 Å². The summed E-state index contributed by atoms with van der Waals surface area (Å²) < 4.78 is 1.08. The molecule has 1 saturated carbocycles. The Morgan fingerprint density at radius 1 is 1.33 bits per heavy atom. The molecule has 2 unspecified atom stereocenters. The molecule has 0 aliphatic heterocycles. The lowest BCUT2D eigenvalue weighted by Crippen LogP contribution is -2.27. The molecular weight excluding hydrogens is 346 g/mol. The summed E-state index contributed by atoms with van der Waals surface area (Å²) in [5.74, 6) is 0.838. The first-order chi connectivity index (χ1) is 10.1. The SMILES string of the molecule is Cc1ccsc1CN(C)C(=O)C1CC1c1ccc(Br)cc1. The Hall–Kier alpha value is -1.13. The van der Waals surface area contributed by atoms with Gasteiger partial charge in [-0.15, -0.1) is 11.3 Å². The van der Waals surface area contributed by atoms with E-state index >= 15 is 0 Å². The number of thiophene rings is 1. The molecule has 4 heteroatoms. The van der Waals surface area contributed by atoms with Crippen molar-refractivity contribution in [3.63, 3.8) is 0 Å². The summed E-state index contributed by atoms with van der Waals surface area (Å²) in [5.41, 5.74) is 2.55. The molecule has 1 aliphatic carbocycles. The van der Waals surface area contributed by atoms with Gasteiger partial charge in [0, 0.05) is 22.3 Å². The first-order valence-electron chi connectivity index (χ1n) is 7.09. The summed E-state index contributed by atoms with van der Waals surface area (Å²) in [5, 5.41) is 2.09. The van der Waals surface area contributed by atoms with Gasteiger partial charge in [-0.2, -0.15) is 0 Å². The van der Waals surface area contributed by atoms with Crippen LogP contribution in [-0.4, -0.2) is 17.9 Å². The lowest BCUT2D eigenvalue weighted by Gasteiger charge is -2.17. The third kappa shape index (κ3) is 3.22. The molecule has 1 amide bonds. The highest BCUT2D eigenvalue weighted by Crippen LogP contribution is 2.48. The van der Waals surface area contributed by atoms with Gasteiger partial charge in [-0.1, -0.05) is 28.1 Å². The number of aryl methyl sites for hydroxylation is 1.